The highest BCUT2D eigenvalue weighted by Gasteiger charge is 2.39. The van der Waals surface area contributed by atoms with E-state index < -0.39 is 5.97 Å². The summed E-state index contributed by atoms with van der Waals surface area (Å²) < 4.78 is 12.0. The largest absolute Gasteiger partial charge is 0.482 e. The highest BCUT2D eigenvalue weighted by molar-refractivity contribution is 7.11. The Morgan fingerprint density at radius 3 is 2.72 bits per heavy atom. The number of fused-ring (bicyclic) bond motifs is 1. The summed E-state index contributed by atoms with van der Waals surface area (Å²) >= 11 is 1.67. The number of hydrogen-bond donors (Lipinski definition) is 1. The van der Waals surface area contributed by atoms with Gasteiger partial charge in [-0.1, -0.05) is 0 Å². The van der Waals surface area contributed by atoms with Crippen LogP contribution in [-0.4, -0.2) is 16.1 Å². The molecular formula is C19H19NO4S. The molecule has 1 aliphatic carbocycles. The Morgan fingerprint density at radius 2 is 2.08 bits per heavy atom. The maximum atomic E-state index is 11.5. The highest BCUT2D eigenvalue weighted by Crippen LogP contribution is 2.45. The van der Waals surface area contributed by atoms with Crippen LogP contribution in [0.4, 0.5) is 0 Å². The van der Waals surface area contributed by atoms with E-state index in [-0.39, 0.29) is 11.2 Å². The van der Waals surface area contributed by atoms with E-state index in [9.17, 15) is 9.90 Å². The summed E-state index contributed by atoms with van der Waals surface area (Å²) in [5.41, 5.74) is 0.410. The predicted octanol–water partition coefficient (Wildman–Crippen LogP) is 5.05. The van der Waals surface area contributed by atoms with Crippen molar-refractivity contribution in [3.05, 3.63) is 45.6 Å². The summed E-state index contributed by atoms with van der Waals surface area (Å²) in [6, 6.07) is 5.42. The van der Waals surface area contributed by atoms with E-state index in [1.54, 1.807) is 30.4 Å². The van der Waals surface area contributed by atoms with Crippen LogP contribution in [0, 0.1) is 13.8 Å². The van der Waals surface area contributed by atoms with Crippen molar-refractivity contribution < 1.29 is 19.1 Å². The molecule has 0 radical (unpaired) electrons. The summed E-state index contributed by atoms with van der Waals surface area (Å²) in [6.07, 6.45) is 6.04. The van der Waals surface area contributed by atoms with Crippen molar-refractivity contribution in [3.8, 4) is 5.75 Å². The van der Waals surface area contributed by atoms with Crippen molar-refractivity contribution in [2.75, 3.05) is 0 Å². The second-order valence-corrected chi connectivity index (χ2v) is 7.78. The molecular weight excluding hydrogens is 338 g/mol. The van der Waals surface area contributed by atoms with Gasteiger partial charge in [0.1, 0.15) is 28.3 Å². The first kappa shape index (κ1) is 16.1. The van der Waals surface area contributed by atoms with Gasteiger partial charge in [0.05, 0.1) is 9.88 Å². The number of aromatic carboxylic acids is 1. The molecule has 4 rings (SSSR count). The lowest BCUT2D eigenvalue weighted by molar-refractivity contribution is 0.0697. The number of rotatable bonds is 4. The van der Waals surface area contributed by atoms with Gasteiger partial charge in [0.25, 0.3) is 0 Å². The third kappa shape index (κ3) is 2.70. The lowest BCUT2D eigenvalue weighted by Gasteiger charge is -2.29. The van der Waals surface area contributed by atoms with Gasteiger partial charge in [-0.25, -0.2) is 9.78 Å². The Balaban J connectivity index is 1.76. The van der Waals surface area contributed by atoms with Crippen LogP contribution in [0.3, 0.4) is 0 Å². The van der Waals surface area contributed by atoms with Crippen molar-refractivity contribution in [3.63, 3.8) is 0 Å². The van der Waals surface area contributed by atoms with Gasteiger partial charge in [0, 0.05) is 11.6 Å². The molecule has 25 heavy (non-hydrogen) atoms. The van der Waals surface area contributed by atoms with Crippen LogP contribution >= 0.6 is 11.3 Å². The molecule has 1 aliphatic rings. The lowest BCUT2D eigenvalue weighted by Crippen LogP contribution is -2.28. The third-order valence-electron chi connectivity index (χ3n) is 4.84. The number of benzene rings is 1. The Labute approximate surface area is 149 Å². The summed E-state index contributed by atoms with van der Waals surface area (Å²) in [4.78, 5) is 17.1. The zero-order chi connectivity index (χ0) is 17.6. The maximum Gasteiger partial charge on any atom is 0.339 e. The Morgan fingerprint density at radius 1 is 1.32 bits per heavy atom. The monoisotopic (exact) mass is 357 g/mol. The van der Waals surface area contributed by atoms with E-state index in [2.05, 4.69) is 4.98 Å². The van der Waals surface area contributed by atoms with E-state index >= 15 is 0 Å². The first-order valence-electron chi connectivity index (χ1n) is 8.37. The van der Waals surface area contributed by atoms with E-state index in [0.29, 0.717) is 22.5 Å². The molecule has 1 fully saturated rings. The van der Waals surface area contributed by atoms with Crippen LogP contribution < -0.4 is 4.74 Å². The first-order chi connectivity index (χ1) is 12.0. The molecule has 0 aliphatic heterocycles. The van der Waals surface area contributed by atoms with Gasteiger partial charge in [-0.2, -0.15) is 0 Å². The summed E-state index contributed by atoms with van der Waals surface area (Å²) in [7, 11) is 0. The molecule has 0 atom stereocenters. The van der Waals surface area contributed by atoms with E-state index in [1.807, 2.05) is 19.2 Å². The fourth-order valence-corrected chi connectivity index (χ4v) is 4.63. The molecule has 0 unspecified atom stereocenters. The quantitative estimate of drug-likeness (QED) is 0.707. The first-order valence-corrected chi connectivity index (χ1v) is 9.18. The number of hydrogen-bond acceptors (Lipinski definition) is 5. The second kappa shape index (κ2) is 5.88. The molecule has 0 amide bonds. The standard InChI is InChI=1S/C19H19NO4S/c1-11-17(18(21)22)14-9-13(5-6-15(14)23-11)24-19(7-3-4-8-19)16-10-20-12(2)25-16/h5-6,9-10H,3-4,7-8H2,1-2H3,(H,21,22). The minimum atomic E-state index is -0.984. The Hall–Kier alpha value is -2.34. The van der Waals surface area contributed by atoms with Gasteiger partial charge in [-0.05, 0) is 57.7 Å². The smallest absolute Gasteiger partial charge is 0.339 e. The van der Waals surface area contributed by atoms with Crippen molar-refractivity contribution in [2.45, 2.75) is 45.1 Å². The Kier molecular flexibility index (Phi) is 3.80. The van der Waals surface area contributed by atoms with E-state index in [0.717, 1.165) is 35.6 Å². The van der Waals surface area contributed by atoms with Gasteiger partial charge in [-0.15, -0.1) is 11.3 Å². The van der Waals surface area contributed by atoms with Gasteiger partial charge in [0.2, 0.25) is 0 Å². The molecule has 5 nitrogen and oxygen atoms in total. The number of furan rings is 1. The van der Waals surface area contributed by atoms with Gasteiger partial charge >= 0.3 is 5.97 Å². The maximum absolute atomic E-state index is 11.5. The zero-order valence-electron chi connectivity index (χ0n) is 14.2. The molecule has 1 aromatic carbocycles. The minimum Gasteiger partial charge on any atom is -0.482 e. The molecule has 2 aromatic heterocycles. The van der Waals surface area contributed by atoms with Crippen molar-refractivity contribution in [1.82, 2.24) is 4.98 Å². The molecule has 2 heterocycles. The second-order valence-electron chi connectivity index (χ2n) is 6.54. The Bertz CT molecular complexity index is 950. The average molecular weight is 357 g/mol. The average Bonchev–Trinajstić information content (AvgIpc) is 3.25. The normalized spacial score (nSPS) is 16.4. The zero-order valence-corrected chi connectivity index (χ0v) is 15.0. The molecule has 1 saturated carbocycles. The number of thiazole rings is 1. The van der Waals surface area contributed by atoms with Crippen LogP contribution in [0.1, 0.15) is 51.7 Å². The molecule has 0 bridgehead atoms. The molecule has 0 saturated heterocycles. The number of carboxylic acid groups (broad SMARTS) is 1. The van der Waals surface area contributed by atoms with E-state index in [4.69, 9.17) is 9.15 Å². The predicted molar refractivity (Wildman–Crippen MR) is 95.5 cm³/mol. The van der Waals surface area contributed by atoms with Crippen molar-refractivity contribution in [2.24, 2.45) is 0 Å². The molecule has 1 N–H and O–H groups in total. The van der Waals surface area contributed by atoms with Crippen molar-refractivity contribution in [1.29, 1.82) is 0 Å². The lowest BCUT2D eigenvalue weighted by atomic mass is 10.0. The number of ether oxygens (including phenoxy) is 1. The van der Waals surface area contributed by atoms with Crippen LogP contribution in [-0.2, 0) is 5.60 Å². The molecule has 0 spiro atoms. The number of carboxylic acids is 1. The number of aryl methyl sites for hydroxylation is 2. The molecule has 6 heteroatoms. The number of aromatic nitrogens is 1. The summed E-state index contributed by atoms with van der Waals surface area (Å²) in [5.74, 6) is 0.0964. The van der Waals surface area contributed by atoms with Gasteiger partial charge < -0.3 is 14.3 Å². The van der Waals surface area contributed by atoms with Crippen molar-refractivity contribution >= 4 is 28.3 Å². The number of carbonyl (C=O) groups is 1. The van der Waals surface area contributed by atoms with Crippen LogP contribution in [0.2, 0.25) is 0 Å². The summed E-state index contributed by atoms with van der Waals surface area (Å²) in [5, 5.41) is 11.1. The minimum absolute atomic E-state index is 0.203. The topological polar surface area (TPSA) is 72.6 Å². The van der Waals surface area contributed by atoms with Crippen LogP contribution in [0.25, 0.3) is 11.0 Å². The van der Waals surface area contributed by atoms with Gasteiger partial charge in [-0.3, -0.25) is 0 Å². The van der Waals surface area contributed by atoms with Gasteiger partial charge in [0.15, 0.2) is 0 Å². The fourth-order valence-electron chi connectivity index (χ4n) is 3.67. The summed E-state index contributed by atoms with van der Waals surface area (Å²) in [6.45, 7) is 3.67. The van der Waals surface area contributed by atoms with E-state index in [1.165, 1.54) is 0 Å². The van der Waals surface area contributed by atoms with Crippen LogP contribution in [0.5, 0.6) is 5.75 Å². The third-order valence-corrected chi connectivity index (χ3v) is 5.94. The fraction of sp³-hybridized carbons (Fsp3) is 0.368. The molecule has 3 aromatic rings. The number of nitrogens with zero attached hydrogens (tertiary/aromatic N) is 1. The molecule has 130 valence electrons. The SMILES string of the molecule is Cc1ncc(C2(Oc3ccc4oc(C)c(C(=O)O)c4c3)CCCC2)s1. The van der Waals surface area contributed by atoms with Crippen LogP contribution in [0.15, 0.2) is 28.8 Å². The highest BCUT2D eigenvalue weighted by atomic mass is 32.1.